The molecule has 0 atom stereocenters. The number of aryl methyl sites for hydroxylation is 2. The van der Waals surface area contributed by atoms with Crippen LogP contribution in [0.4, 0.5) is 0 Å². The van der Waals surface area contributed by atoms with Crippen LogP contribution in [-0.4, -0.2) is 17.9 Å². The van der Waals surface area contributed by atoms with E-state index < -0.39 is 0 Å². The van der Waals surface area contributed by atoms with Gasteiger partial charge in [-0.15, -0.1) is 0 Å². The van der Waals surface area contributed by atoms with Crippen molar-refractivity contribution in [3.05, 3.63) is 70.2 Å². The summed E-state index contributed by atoms with van der Waals surface area (Å²) in [6.07, 6.45) is 1.29. The summed E-state index contributed by atoms with van der Waals surface area (Å²) in [6.45, 7) is 2.61. The van der Waals surface area contributed by atoms with E-state index in [9.17, 15) is 4.79 Å². The lowest BCUT2D eigenvalue weighted by Gasteiger charge is -2.18. The summed E-state index contributed by atoms with van der Waals surface area (Å²) < 4.78 is 0. The van der Waals surface area contributed by atoms with Crippen LogP contribution in [0.2, 0.25) is 5.02 Å². The van der Waals surface area contributed by atoms with Crippen LogP contribution in [0.1, 0.15) is 23.1 Å². The fourth-order valence-electron chi connectivity index (χ4n) is 2.17. The zero-order chi connectivity index (χ0) is 15.2. The maximum absolute atomic E-state index is 12.2. The van der Waals surface area contributed by atoms with Gasteiger partial charge in [-0.05, 0) is 30.5 Å². The largest absolute Gasteiger partial charge is 0.341 e. The second-order valence-corrected chi connectivity index (χ2v) is 5.73. The molecule has 0 heterocycles. The Morgan fingerprint density at radius 1 is 1.10 bits per heavy atom. The van der Waals surface area contributed by atoms with E-state index in [-0.39, 0.29) is 5.91 Å². The first-order valence-electron chi connectivity index (χ1n) is 7.09. The van der Waals surface area contributed by atoms with Crippen molar-refractivity contribution in [2.75, 3.05) is 7.05 Å². The number of amides is 1. The number of carbonyl (C=O) groups excluding carboxylic acids is 1. The molecule has 0 radical (unpaired) electrons. The number of carbonyl (C=O) groups is 1. The van der Waals surface area contributed by atoms with E-state index in [1.165, 1.54) is 11.1 Å². The topological polar surface area (TPSA) is 20.3 Å². The predicted molar refractivity (Wildman–Crippen MR) is 87.4 cm³/mol. The Hall–Kier alpha value is -1.80. The Labute approximate surface area is 131 Å². The Morgan fingerprint density at radius 2 is 1.76 bits per heavy atom. The molecule has 0 aliphatic heterocycles. The zero-order valence-electron chi connectivity index (χ0n) is 12.5. The van der Waals surface area contributed by atoms with Gasteiger partial charge in [0.05, 0.1) is 0 Å². The Morgan fingerprint density at radius 3 is 2.43 bits per heavy atom. The quantitative estimate of drug-likeness (QED) is 0.809. The molecule has 21 heavy (non-hydrogen) atoms. The molecular formula is C18H20ClNO. The van der Waals surface area contributed by atoms with Crippen LogP contribution in [0, 0.1) is 6.92 Å². The van der Waals surface area contributed by atoms with E-state index in [4.69, 9.17) is 11.6 Å². The van der Waals surface area contributed by atoms with E-state index in [1.54, 1.807) is 4.90 Å². The van der Waals surface area contributed by atoms with Gasteiger partial charge in [0.1, 0.15) is 0 Å². The molecule has 0 saturated carbocycles. The Balaban J connectivity index is 1.88. The molecule has 1 amide bonds. The lowest BCUT2D eigenvalue weighted by atomic mass is 10.1. The van der Waals surface area contributed by atoms with Gasteiger partial charge < -0.3 is 4.90 Å². The first-order valence-corrected chi connectivity index (χ1v) is 7.47. The first-order chi connectivity index (χ1) is 10.1. The molecule has 0 aliphatic carbocycles. The molecule has 0 fully saturated rings. The van der Waals surface area contributed by atoms with Crippen molar-refractivity contribution in [2.24, 2.45) is 0 Å². The third-order valence-electron chi connectivity index (χ3n) is 3.54. The van der Waals surface area contributed by atoms with E-state index in [1.807, 2.05) is 31.3 Å². The summed E-state index contributed by atoms with van der Waals surface area (Å²) in [4.78, 5) is 13.9. The molecule has 3 heteroatoms. The van der Waals surface area contributed by atoms with Crippen molar-refractivity contribution in [3.8, 4) is 0 Å². The summed E-state index contributed by atoms with van der Waals surface area (Å²) in [5, 5.41) is 0.704. The fourth-order valence-corrected chi connectivity index (χ4v) is 2.36. The minimum Gasteiger partial charge on any atom is -0.341 e. The average molecular weight is 302 g/mol. The molecule has 0 unspecified atom stereocenters. The van der Waals surface area contributed by atoms with Gasteiger partial charge in [-0.2, -0.15) is 0 Å². The van der Waals surface area contributed by atoms with Gasteiger partial charge in [0.25, 0.3) is 0 Å². The van der Waals surface area contributed by atoms with Crippen LogP contribution >= 0.6 is 11.6 Å². The van der Waals surface area contributed by atoms with Gasteiger partial charge in [-0.1, -0.05) is 59.6 Å². The van der Waals surface area contributed by atoms with Crippen LogP contribution in [0.3, 0.4) is 0 Å². The lowest BCUT2D eigenvalue weighted by molar-refractivity contribution is -0.130. The van der Waals surface area contributed by atoms with Crippen molar-refractivity contribution < 1.29 is 4.79 Å². The van der Waals surface area contributed by atoms with Crippen molar-refractivity contribution in [1.29, 1.82) is 0 Å². The number of rotatable bonds is 5. The maximum Gasteiger partial charge on any atom is 0.222 e. The molecule has 0 aliphatic rings. The highest BCUT2D eigenvalue weighted by atomic mass is 35.5. The Kier molecular flexibility index (Phi) is 5.40. The Bertz CT molecular complexity index is 607. The molecule has 110 valence electrons. The van der Waals surface area contributed by atoms with Crippen LogP contribution < -0.4 is 0 Å². The molecule has 2 aromatic carbocycles. The van der Waals surface area contributed by atoms with E-state index in [0.717, 1.165) is 12.0 Å². The molecular weight excluding hydrogens is 282 g/mol. The minimum absolute atomic E-state index is 0.135. The van der Waals surface area contributed by atoms with E-state index in [0.29, 0.717) is 18.0 Å². The molecule has 2 nitrogen and oxygen atoms in total. The highest BCUT2D eigenvalue weighted by molar-refractivity contribution is 6.31. The molecule has 2 aromatic rings. The SMILES string of the molecule is Cc1ccc(CCC(=O)N(C)Cc2ccccc2Cl)cc1. The first kappa shape index (κ1) is 15.6. The van der Waals surface area contributed by atoms with Crippen molar-refractivity contribution in [2.45, 2.75) is 26.3 Å². The van der Waals surface area contributed by atoms with Crippen molar-refractivity contribution in [3.63, 3.8) is 0 Å². The molecule has 0 N–H and O–H groups in total. The second kappa shape index (κ2) is 7.28. The zero-order valence-corrected chi connectivity index (χ0v) is 13.2. The van der Waals surface area contributed by atoms with Gasteiger partial charge >= 0.3 is 0 Å². The summed E-state index contributed by atoms with van der Waals surface area (Å²) in [5.41, 5.74) is 3.41. The summed E-state index contributed by atoms with van der Waals surface area (Å²) in [7, 11) is 1.82. The van der Waals surface area contributed by atoms with Crippen LogP contribution in [-0.2, 0) is 17.8 Å². The second-order valence-electron chi connectivity index (χ2n) is 5.33. The van der Waals surface area contributed by atoms with Gasteiger partial charge in [-0.3, -0.25) is 4.79 Å². The number of halogens is 1. The van der Waals surface area contributed by atoms with E-state index >= 15 is 0 Å². The van der Waals surface area contributed by atoms with E-state index in [2.05, 4.69) is 31.2 Å². The summed E-state index contributed by atoms with van der Waals surface area (Å²) in [5.74, 6) is 0.135. The number of hydrogen-bond acceptors (Lipinski definition) is 1. The van der Waals surface area contributed by atoms with Gasteiger partial charge in [0, 0.05) is 25.0 Å². The third kappa shape index (κ3) is 4.61. The van der Waals surface area contributed by atoms with Gasteiger partial charge in [0.2, 0.25) is 5.91 Å². The monoisotopic (exact) mass is 301 g/mol. The van der Waals surface area contributed by atoms with Crippen molar-refractivity contribution in [1.82, 2.24) is 4.90 Å². The molecule has 0 aromatic heterocycles. The van der Waals surface area contributed by atoms with Crippen LogP contribution in [0.25, 0.3) is 0 Å². The highest BCUT2D eigenvalue weighted by Crippen LogP contribution is 2.17. The molecule has 0 saturated heterocycles. The molecule has 2 rings (SSSR count). The standard InChI is InChI=1S/C18H20ClNO/c1-14-7-9-15(10-8-14)11-12-18(21)20(2)13-16-5-3-4-6-17(16)19/h3-10H,11-13H2,1-2H3. The molecule has 0 spiro atoms. The molecule has 0 bridgehead atoms. The number of nitrogens with zero attached hydrogens (tertiary/aromatic N) is 1. The lowest BCUT2D eigenvalue weighted by Crippen LogP contribution is -2.26. The number of benzene rings is 2. The highest BCUT2D eigenvalue weighted by Gasteiger charge is 2.10. The minimum atomic E-state index is 0.135. The predicted octanol–water partition coefficient (Wildman–Crippen LogP) is 4.24. The van der Waals surface area contributed by atoms with Crippen LogP contribution in [0.15, 0.2) is 48.5 Å². The van der Waals surface area contributed by atoms with Crippen LogP contribution in [0.5, 0.6) is 0 Å². The van der Waals surface area contributed by atoms with Gasteiger partial charge in [0.15, 0.2) is 0 Å². The number of hydrogen-bond donors (Lipinski definition) is 0. The normalized spacial score (nSPS) is 10.4. The third-order valence-corrected chi connectivity index (χ3v) is 3.91. The smallest absolute Gasteiger partial charge is 0.222 e. The maximum atomic E-state index is 12.2. The van der Waals surface area contributed by atoms with Gasteiger partial charge in [-0.25, -0.2) is 0 Å². The summed E-state index contributed by atoms with van der Waals surface area (Å²) >= 11 is 6.12. The fraction of sp³-hybridized carbons (Fsp3) is 0.278. The average Bonchev–Trinajstić information content (AvgIpc) is 2.48. The summed E-state index contributed by atoms with van der Waals surface area (Å²) in [6, 6.07) is 15.9. The van der Waals surface area contributed by atoms with Crippen molar-refractivity contribution >= 4 is 17.5 Å².